The van der Waals surface area contributed by atoms with Gasteiger partial charge in [-0.3, -0.25) is 9.59 Å². The molecular weight excluding hydrogens is 292 g/mol. The van der Waals surface area contributed by atoms with Gasteiger partial charge in [-0.05, 0) is 25.0 Å². The van der Waals surface area contributed by atoms with Crippen molar-refractivity contribution in [2.75, 3.05) is 25.4 Å². The molecule has 0 saturated carbocycles. The Hall–Kier alpha value is -1.82. The van der Waals surface area contributed by atoms with Crippen molar-refractivity contribution in [3.8, 4) is 0 Å². The number of hydrogen-bond acceptors (Lipinski definition) is 4. The molecule has 0 unspecified atom stereocenters. The largest absolute Gasteiger partial charge is 0.397 e. The van der Waals surface area contributed by atoms with E-state index in [0.717, 1.165) is 12.8 Å². The van der Waals surface area contributed by atoms with Gasteiger partial charge in [0.05, 0.1) is 18.4 Å². The van der Waals surface area contributed by atoms with E-state index in [2.05, 4.69) is 10.3 Å². The first-order valence-corrected chi connectivity index (χ1v) is 6.86. The maximum atomic E-state index is 12.3. The van der Waals surface area contributed by atoms with Crippen LogP contribution >= 0.6 is 12.4 Å². The summed E-state index contributed by atoms with van der Waals surface area (Å²) in [6.45, 7) is 5.13. The standard InChI is InChI=1S/C14H22N4O2.ClH/c1-3-7-16-13(19)10-18(8-4-2)14(20)12-6-5-11(15)9-17-12;/h5-6,9H,3-4,7-8,10,15H2,1-2H3,(H,16,19);1H. The van der Waals surface area contributed by atoms with Crippen LogP contribution in [0, 0.1) is 0 Å². The summed E-state index contributed by atoms with van der Waals surface area (Å²) in [7, 11) is 0. The summed E-state index contributed by atoms with van der Waals surface area (Å²) in [6, 6.07) is 3.20. The number of nitrogens with two attached hydrogens (primary N) is 1. The second kappa shape index (κ2) is 9.99. The molecule has 0 spiro atoms. The van der Waals surface area contributed by atoms with Gasteiger partial charge < -0.3 is 16.0 Å². The minimum Gasteiger partial charge on any atom is -0.397 e. The number of nitrogen functional groups attached to an aromatic ring is 1. The van der Waals surface area contributed by atoms with Crippen LogP contribution in [0.15, 0.2) is 18.3 Å². The molecule has 21 heavy (non-hydrogen) atoms. The van der Waals surface area contributed by atoms with Gasteiger partial charge in [0.1, 0.15) is 5.69 Å². The van der Waals surface area contributed by atoms with E-state index >= 15 is 0 Å². The lowest BCUT2D eigenvalue weighted by atomic mass is 10.2. The van der Waals surface area contributed by atoms with E-state index in [0.29, 0.717) is 24.5 Å². The fourth-order valence-electron chi connectivity index (χ4n) is 1.71. The van der Waals surface area contributed by atoms with E-state index in [1.54, 1.807) is 12.1 Å². The molecule has 3 N–H and O–H groups in total. The van der Waals surface area contributed by atoms with E-state index in [1.165, 1.54) is 11.1 Å². The molecule has 0 aliphatic carbocycles. The van der Waals surface area contributed by atoms with E-state index in [-0.39, 0.29) is 30.8 Å². The molecule has 7 heteroatoms. The molecule has 0 aromatic carbocycles. The van der Waals surface area contributed by atoms with Gasteiger partial charge in [-0.2, -0.15) is 0 Å². The van der Waals surface area contributed by atoms with Gasteiger partial charge in [-0.15, -0.1) is 12.4 Å². The highest BCUT2D eigenvalue weighted by molar-refractivity contribution is 5.95. The molecular formula is C14H23ClN4O2. The fraction of sp³-hybridized carbons (Fsp3) is 0.500. The minimum atomic E-state index is -0.251. The number of aromatic nitrogens is 1. The molecule has 0 saturated heterocycles. The van der Waals surface area contributed by atoms with Gasteiger partial charge in [0.15, 0.2) is 0 Å². The quantitative estimate of drug-likeness (QED) is 0.797. The molecule has 0 atom stereocenters. The Morgan fingerprint density at radius 1 is 1.29 bits per heavy atom. The van der Waals surface area contributed by atoms with Crippen molar-refractivity contribution in [2.45, 2.75) is 26.7 Å². The molecule has 118 valence electrons. The van der Waals surface area contributed by atoms with E-state index in [4.69, 9.17) is 5.73 Å². The first-order valence-electron chi connectivity index (χ1n) is 6.86. The zero-order chi connectivity index (χ0) is 15.0. The van der Waals surface area contributed by atoms with Crippen molar-refractivity contribution in [1.29, 1.82) is 0 Å². The van der Waals surface area contributed by atoms with Crippen LogP contribution < -0.4 is 11.1 Å². The SMILES string of the molecule is CCCNC(=O)CN(CCC)C(=O)c1ccc(N)cn1.Cl. The highest BCUT2D eigenvalue weighted by atomic mass is 35.5. The third-order valence-corrected chi connectivity index (χ3v) is 2.69. The minimum absolute atomic E-state index is 0. The Morgan fingerprint density at radius 3 is 2.52 bits per heavy atom. The van der Waals surface area contributed by atoms with E-state index in [1.807, 2.05) is 13.8 Å². The molecule has 1 heterocycles. The second-order valence-corrected chi connectivity index (χ2v) is 4.55. The van der Waals surface area contributed by atoms with Gasteiger partial charge in [-0.25, -0.2) is 4.98 Å². The van der Waals surface area contributed by atoms with Gasteiger partial charge in [-0.1, -0.05) is 13.8 Å². The summed E-state index contributed by atoms with van der Waals surface area (Å²) in [4.78, 5) is 29.5. The normalized spacial score (nSPS) is 9.62. The molecule has 0 aliphatic heterocycles. The molecule has 1 aromatic rings. The molecule has 2 amide bonds. The Bertz CT molecular complexity index is 451. The van der Waals surface area contributed by atoms with Crippen molar-refractivity contribution < 1.29 is 9.59 Å². The second-order valence-electron chi connectivity index (χ2n) is 4.55. The first-order chi connectivity index (χ1) is 9.58. The summed E-state index contributed by atoms with van der Waals surface area (Å²) < 4.78 is 0. The molecule has 1 aromatic heterocycles. The predicted molar refractivity (Wildman–Crippen MR) is 85.4 cm³/mol. The maximum absolute atomic E-state index is 12.3. The predicted octanol–water partition coefficient (Wildman–Crippen LogP) is 1.46. The van der Waals surface area contributed by atoms with Crippen LogP contribution in [0.3, 0.4) is 0 Å². The fourth-order valence-corrected chi connectivity index (χ4v) is 1.71. The number of hydrogen-bond donors (Lipinski definition) is 2. The van der Waals surface area contributed by atoms with Crippen molar-refractivity contribution in [3.05, 3.63) is 24.0 Å². The third-order valence-electron chi connectivity index (χ3n) is 2.69. The average molecular weight is 315 g/mol. The van der Waals surface area contributed by atoms with Gasteiger partial charge >= 0.3 is 0 Å². The topological polar surface area (TPSA) is 88.3 Å². The van der Waals surface area contributed by atoms with Crippen molar-refractivity contribution >= 4 is 29.9 Å². The number of nitrogens with zero attached hydrogens (tertiary/aromatic N) is 2. The number of amides is 2. The molecule has 6 nitrogen and oxygen atoms in total. The zero-order valence-corrected chi connectivity index (χ0v) is 13.3. The number of halogens is 1. The molecule has 0 radical (unpaired) electrons. The summed E-state index contributed by atoms with van der Waals surface area (Å²) in [5, 5.41) is 2.76. The van der Waals surface area contributed by atoms with Gasteiger partial charge in [0.25, 0.3) is 5.91 Å². The van der Waals surface area contributed by atoms with Gasteiger partial charge in [0.2, 0.25) is 5.91 Å². The van der Waals surface area contributed by atoms with E-state index < -0.39 is 0 Å². The summed E-state index contributed by atoms with van der Waals surface area (Å²) in [5.41, 5.74) is 6.35. The molecule has 0 aliphatic rings. The average Bonchev–Trinajstić information content (AvgIpc) is 2.44. The smallest absolute Gasteiger partial charge is 0.272 e. The maximum Gasteiger partial charge on any atom is 0.272 e. The zero-order valence-electron chi connectivity index (χ0n) is 12.5. The Kier molecular flexibility index (Phi) is 9.12. The lowest BCUT2D eigenvalue weighted by molar-refractivity contribution is -0.121. The molecule has 0 fully saturated rings. The Labute approximate surface area is 131 Å². The Balaban J connectivity index is 0.00000400. The highest BCUT2D eigenvalue weighted by Gasteiger charge is 2.18. The lowest BCUT2D eigenvalue weighted by Crippen LogP contribution is -2.41. The number of carbonyl (C=O) groups is 2. The highest BCUT2D eigenvalue weighted by Crippen LogP contribution is 2.06. The van der Waals surface area contributed by atoms with Crippen LogP contribution in [-0.2, 0) is 4.79 Å². The van der Waals surface area contributed by atoms with Crippen molar-refractivity contribution in [2.24, 2.45) is 0 Å². The third kappa shape index (κ3) is 6.44. The Morgan fingerprint density at radius 2 is 2.00 bits per heavy atom. The van der Waals surface area contributed by atoms with E-state index in [9.17, 15) is 9.59 Å². The van der Waals surface area contributed by atoms with Crippen LogP contribution in [0.5, 0.6) is 0 Å². The summed E-state index contributed by atoms with van der Waals surface area (Å²) in [5.74, 6) is -0.400. The summed E-state index contributed by atoms with van der Waals surface area (Å²) >= 11 is 0. The number of carbonyl (C=O) groups excluding carboxylic acids is 2. The molecule has 1 rings (SSSR count). The van der Waals surface area contributed by atoms with Crippen LogP contribution in [0.25, 0.3) is 0 Å². The number of nitrogens with one attached hydrogen (secondary N) is 1. The van der Waals surface area contributed by atoms with Gasteiger partial charge in [0, 0.05) is 13.1 Å². The van der Waals surface area contributed by atoms with Crippen LogP contribution in [0.2, 0.25) is 0 Å². The van der Waals surface area contributed by atoms with Crippen LogP contribution in [-0.4, -0.2) is 41.3 Å². The monoisotopic (exact) mass is 314 g/mol. The van der Waals surface area contributed by atoms with Crippen molar-refractivity contribution in [3.63, 3.8) is 0 Å². The van der Waals surface area contributed by atoms with Crippen LogP contribution in [0.1, 0.15) is 37.2 Å². The molecule has 0 bridgehead atoms. The number of anilines is 1. The first kappa shape index (κ1) is 19.2. The summed E-state index contributed by atoms with van der Waals surface area (Å²) in [6.07, 6.45) is 3.09. The number of rotatable bonds is 7. The van der Waals surface area contributed by atoms with Crippen LogP contribution in [0.4, 0.5) is 5.69 Å². The van der Waals surface area contributed by atoms with Crippen molar-refractivity contribution in [1.82, 2.24) is 15.2 Å². The lowest BCUT2D eigenvalue weighted by Gasteiger charge is -2.21. The number of pyridine rings is 1.